The number of H-pyrrole nitrogens is 1. The first-order valence-corrected chi connectivity index (χ1v) is 14.2. The molecule has 4 aromatic heterocycles. The molecule has 2 N–H and O–H groups in total. The second kappa shape index (κ2) is 9.92. The standard InChI is InChI=1S/C34H27N7O/c42-34(40-30-13-11-21-7-5-15-35-33(21)30)24-19-36-41(20-24)25-16-22(12-14-32-38-28-9-3-4-10-29(28)39-32)26-17-23-6-1-2-8-27(23)37-31(26)18-25/h1-10,15-20,30H,11-14H2,(H,38,39)(H,40,42). The van der Waals surface area contributed by atoms with Crippen molar-refractivity contribution in [2.45, 2.75) is 31.7 Å². The van der Waals surface area contributed by atoms with Crippen LogP contribution in [0, 0.1) is 0 Å². The lowest BCUT2D eigenvalue weighted by molar-refractivity contribution is 0.0936. The summed E-state index contributed by atoms with van der Waals surface area (Å²) in [4.78, 5) is 30.9. The highest BCUT2D eigenvalue weighted by molar-refractivity contribution is 5.96. The summed E-state index contributed by atoms with van der Waals surface area (Å²) in [5.74, 6) is 0.796. The molecule has 1 aliphatic rings. The lowest BCUT2D eigenvalue weighted by Crippen LogP contribution is -2.27. The average Bonchev–Trinajstić information content (AvgIpc) is 3.77. The van der Waals surface area contributed by atoms with Gasteiger partial charge in [-0.15, -0.1) is 0 Å². The molecule has 4 heterocycles. The first kappa shape index (κ1) is 24.4. The molecule has 0 bridgehead atoms. The number of imidazole rings is 1. The number of amides is 1. The molecule has 8 rings (SSSR count). The second-order valence-corrected chi connectivity index (χ2v) is 10.8. The number of hydrogen-bond donors (Lipinski definition) is 2. The van der Waals surface area contributed by atoms with Gasteiger partial charge in [-0.3, -0.25) is 9.78 Å². The Morgan fingerprint density at radius 1 is 0.929 bits per heavy atom. The van der Waals surface area contributed by atoms with Crippen LogP contribution in [0.4, 0.5) is 0 Å². The van der Waals surface area contributed by atoms with Crippen molar-refractivity contribution in [3.63, 3.8) is 0 Å². The van der Waals surface area contributed by atoms with Crippen LogP contribution >= 0.6 is 0 Å². The van der Waals surface area contributed by atoms with E-state index in [1.165, 1.54) is 5.56 Å². The largest absolute Gasteiger partial charge is 0.344 e. The Balaban J connectivity index is 1.12. The van der Waals surface area contributed by atoms with E-state index >= 15 is 0 Å². The van der Waals surface area contributed by atoms with Gasteiger partial charge in [0.1, 0.15) is 5.82 Å². The summed E-state index contributed by atoms with van der Waals surface area (Å²) in [6, 6.07) is 26.6. The SMILES string of the molecule is O=C(NC1CCc2cccnc21)c1cnn(-c2cc(CCc3nc4ccccc4[nH]3)c3cc4ccccc4nc3c2)c1. The number of aryl methyl sites for hydroxylation is 3. The van der Waals surface area contributed by atoms with Crippen LogP contribution in [0.15, 0.2) is 97.5 Å². The number of benzene rings is 3. The van der Waals surface area contributed by atoms with Gasteiger partial charge in [-0.1, -0.05) is 36.4 Å². The van der Waals surface area contributed by atoms with Gasteiger partial charge in [-0.25, -0.2) is 14.6 Å². The Bertz CT molecular complexity index is 2090. The summed E-state index contributed by atoms with van der Waals surface area (Å²) in [6.45, 7) is 0. The van der Waals surface area contributed by atoms with E-state index < -0.39 is 0 Å². The number of para-hydroxylation sites is 3. The van der Waals surface area contributed by atoms with Crippen LogP contribution in [0.5, 0.6) is 0 Å². The maximum absolute atomic E-state index is 13.2. The topological polar surface area (TPSA) is 101 Å². The molecule has 0 fully saturated rings. The highest BCUT2D eigenvalue weighted by atomic mass is 16.1. The Morgan fingerprint density at radius 2 is 1.81 bits per heavy atom. The minimum atomic E-state index is -0.153. The van der Waals surface area contributed by atoms with Gasteiger partial charge in [-0.2, -0.15) is 5.10 Å². The van der Waals surface area contributed by atoms with Gasteiger partial charge in [-0.05, 0) is 72.9 Å². The molecule has 8 heteroatoms. The van der Waals surface area contributed by atoms with E-state index in [0.717, 1.165) is 81.3 Å². The van der Waals surface area contributed by atoms with Crippen molar-refractivity contribution in [3.05, 3.63) is 126 Å². The van der Waals surface area contributed by atoms with Gasteiger partial charge >= 0.3 is 0 Å². The fourth-order valence-electron chi connectivity index (χ4n) is 6.03. The molecule has 7 aromatic rings. The molecule has 0 saturated carbocycles. The van der Waals surface area contributed by atoms with Crippen molar-refractivity contribution in [3.8, 4) is 5.69 Å². The van der Waals surface area contributed by atoms with Gasteiger partial charge < -0.3 is 10.3 Å². The lowest BCUT2D eigenvalue weighted by atomic mass is 10.0. The third kappa shape index (κ3) is 4.37. The molecule has 0 spiro atoms. The molecule has 204 valence electrons. The number of carbonyl (C=O) groups excluding carboxylic acids is 1. The normalized spacial score (nSPS) is 14.5. The summed E-state index contributed by atoms with van der Waals surface area (Å²) in [5.41, 5.74) is 8.52. The van der Waals surface area contributed by atoms with Gasteiger partial charge in [0.25, 0.3) is 5.91 Å². The second-order valence-electron chi connectivity index (χ2n) is 10.8. The van der Waals surface area contributed by atoms with Gasteiger partial charge in [0.05, 0.1) is 51.3 Å². The molecule has 42 heavy (non-hydrogen) atoms. The molecule has 1 amide bonds. The summed E-state index contributed by atoms with van der Waals surface area (Å²) in [6.07, 6.45) is 8.49. The Kier molecular flexibility index (Phi) is 5.77. The van der Waals surface area contributed by atoms with E-state index in [4.69, 9.17) is 9.97 Å². The molecule has 1 atom stereocenters. The van der Waals surface area contributed by atoms with Crippen LogP contribution in [0.2, 0.25) is 0 Å². The highest BCUT2D eigenvalue weighted by Gasteiger charge is 2.26. The molecule has 1 unspecified atom stereocenters. The van der Waals surface area contributed by atoms with Crippen molar-refractivity contribution in [2.24, 2.45) is 0 Å². The number of rotatable bonds is 6. The highest BCUT2D eigenvalue weighted by Crippen LogP contribution is 2.30. The van der Waals surface area contributed by atoms with Crippen molar-refractivity contribution in [2.75, 3.05) is 0 Å². The molecular formula is C34H27N7O. The van der Waals surface area contributed by atoms with E-state index in [1.807, 2.05) is 54.6 Å². The maximum atomic E-state index is 13.2. The zero-order chi connectivity index (χ0) is 28.0. The van der Waals surface area contributed by atoms with E-state index in [9.17, 15) is 4.79 Å². The smallest absolute Gasteiger partial charge is 0.255 e. The van der Waals surface area contributed by atoms with Crippen molar-refractivity contribution in [1.29, 1.82) is 0 Å². The Hall–Kier alpha value is -5.37. The quantitative estimate of drug-likeness (QED) is 0.246. The van der Waals surface area contributed by atoms with Crippen LogP contribution < -0.4 is 5.32 Å². The van der Waals surface area contributed by atoms with Crippen LogP contribution in [0.1, 0.15) is 45.5 Å². The first-order valence-electron chi connectivity index (χ1n) is 14.2. The molecule has 0 saturated heterocycles. The average molecular weight is 550 g/mol. The summed E-state index contributed by atoms with van der Waals surface area (Å²) < 4.78 is 1.76. The van der Waals surface area contributed by atoms with Crippen LogP contribution in [0.25, 0.3) is 38.5 Å². The minimum Gasteiger partial charge on any atom is -0.344 e. The molecule has 0 radical (unpaired) electrons. The van der Waals surface area contributed by atoms with Crippen LogP contribution in [-0.2, 0) is 19.3 Å². The van der Waals surface area contributed by atoms with Crippen LogP contribution in [-0.4, -0.2) is 35.6 Å². The fraction of sp³-hybridized carbons (Fsp3) is 0.147. The number of pyridine rings is 2. The lowest BCUT2D eigenvalue weighted by Gasteiger charge is -2.12. The minimum absolute atomic E-state index is 0.0833. The van der Waals surface area contributed by atoms with Crippen molar-refractivity contribution < 1.29 is 4.79 Å². The number of nitrogens with zero attached hydrogens (tertiary/aromatic N) is 5. The predicted octanol–water partition coefficient (Wildman–Crippen LogP) is 6.05. The van der Waals surface area contributed by atoms with Crippen molar-refractivity contribution >= 4 is 38.7 Å². The van der Waals surface area contributed by atoms with Gasteiger partial charge in [0, 0.05) is 29.6 Å². The summed E-state index contributed by atoms with van der Waals surface area (Å²) in [7, 11) is 0. The van der Waals surface area contributed by atoms with E-state index in [1.54, 1.807) is 23.3 Å². The zero-order valence-corrected chi connectivity index (χ0v) is 22.8. The van der Waals surface area contributed by atoms with E-state index in [0.29, 0.717) is 5.56 Å². The molecule has 1 aliphatic carbocycles. The van der Waals surface area contributed by atoms with Crippen molar-refractivity contribution in [1.82, 2.24) is 35.0 Å². The molecule has 3 aromatic carbocycles. The Morgan fingerprint density at radius 3 is 2.74 bits per heavy atom. The number of hydrogen-bond acceptors (Lipinski definition) is 5. The fourth-order valence-corrected chi connectivity index (χ4v) is 6.03. The maximum Gasteiger partial charge on any atom is 0.255 e. The third-order valence-electron chi connectivity index (χ3n) is 8.15. The van der Waals surface area contributed by atoms with Gasteiger partial charge in [0.15, 0.2) is 0 Å². The summed E-state index contributed by atoms with van der Waals surface area (Å²) in [5, 5.41) is 9.93. The number of aromatic nitrogens is 6. The van der Waals surface area contributed by atoms with Gasteiger partial charge in [0.2, 0.25) is 0 Å². The van der Waals surface area contributed by atoms with Crippen LogP contribution in [0.3, 0.4) is 0 Å². The number of nitrogens with one attached hydrogen (secondary N) is 2. The first-order chi connectivity index (χ1) is 20.7. The number of aromatic amines is 1. The zero-order valence-electron chi connectivity index (χ0n) is 22.8. The Labute approximate surface area is 241 Å². The number of fused-ring (bicyclic) bond motifs is 4. The molecule has 8 nitrogen and oxygen atoms in total. The number of carbonyl (C=O) groups is 1. The van der Waals surface area contributed by atoms with E-state index in [-0.39, 0.29) is 11.9 Å². The summed E-state index contributed by atoms with van der Waals surface area (Å²) >= 11 is 0. The molecular weight excluding hydrogens is 522 g/mol. The monoisotopic (exact) mass is 549 g/mol. The predicted molar refractivity (Wildman–Crippen MR) is 163 cm³/mol. The molecule has 0 aliphatic heterocycles. The van der Waals surface area contributed by atoms with E-state index in [2.05, 4.69) is 44.6 Å². The third-order valence-corrected chi connectivity index (χ3v) is 8.15.